The van der Waals surface area contributed by atoms with E-state index in [9.17, 15) is 9.59 Å². The first-order valence-electron chi connectivity index (χ1n) is 10.3. The molecule has 8 heteroatoms. The number of esters is 1. The van der Waals surface area contributed by atoms with E-state index in [4.69, 9.17) is 41.8 Å². The summed E-state index contributed by atoms with van der Waals surface area (Å²) in [6.45, 7) is 3.38. The maximum absolute atomic E-state index is 13.3. The molecule has 0 aliphatic carbocycles. The fourth-order valence-corrected chi connectivity index (χ4v) is 3.75. The molecule has 6 nitrogen and oxygen atoms in total. The number of aryl methyl sites for hydroxylation is 1. The van der Waals surface area contributed by atoms with Gasteiger partial charge in [-0.05, 0) is 74.0 Å². The lowest BCUT2D eigenvalue weighted by Crippen LogP contribution is -2.30. The maximum Gasteiger partial charge on any atom is 0.352 e. The molecule has 4 aromatic rings. The fourth-order valence-electron chi connectivity index (χ4n) is 3.30. The molecule has 0 unspecified atom stereocenters. The van der Waals surface area contributed by atoms with Crippen LogP contribution >= 0.6 is 23.2 Å². The van der Waals surface area contributed by atoms with Crippen LogP contribution in [0.2, 0.25) is 10.0 Å². The van der Waals surface area contributed by atoms with Crippen molar-refractivity contribution in [1.29, 1.82) is 0 Å². The van der Waals surface area contributed by atoms with E-state index < -0.39 is 17.5 Å². The highest BCUT2D eigenvalue weighted by atomic mass is 35.5. The van der Waals surface area contributed by atoms with E-state index in [1.54, 1.807) is 61.7 Å². The molecule has 174 valence electrons. The van der Waals surface area contributed by atoms with Crippen molar-refractivity contribution in [1.82, 2.24) is 0 Å². The van der Waals surface area contributed by atoms with Crippen molar-refractivity contribution in [3.63, 3.8) is 0 Å². The second-order valence-electron chi connectivity index (χ2n) is 7.57. The molecule has 1 aromatic heterocycles. The van der Waals surface area contributed by atoms with Crippen LogP contribution in [0.3, 0.4) is 0 Å². The molecule has 0 aliphatic heterocycles. The van der Waals surface area contributed by atoms with Gasteiger partial charge in [0.25, 0.3) is 0 Å². The minimum atomic E-state index is -1.07. The fraction of sp³-hybridized carbons (Fsp3) is 0.154. The van der Waals surface area contributed by atoms with E-state index in [0.717, 1.165) is 5.56 Å². The van der Waals surface area contributed by atoms with Crippen LogP contribution in [0, 0.1) is 6.92 Å². The van der Waals surface area contributed by atoms with Gasteiger partial charge < -0.3 is 18.6 Å². The molecule has 0 saturated carbocycles. The number of ether oxygens (including phenoxy) is 3. The summed E-state index contributed by atoms with van der Waals surface area (Å²) in [6, 6.07) is 16.7. The molecule has 3 aromatic carbocycles. The van der Waals surface area contributed by atoms with Gasteiger partial charge in [-0.1, -0.05) is 29.3 Å². The third-order valence-corrected chi connectivity index (χ3v) is 5.62. The third-order valence-electron chi connectivity index (χ3n) is 5.09. The largest absolute Gasteiger partial charge is 0.497 e. The van der Waals surface area contributed by atoms with Crippen LogP contribution < -0.4 is 19.6 Å². The van der Waals surface area contributed by atoms with E-state index in [1.165, 1.54) is 13.0 Å². The zero-order valence-electron chi connectivity index (χ0n) is 18.6. The van der Waals surface area contributed by atoms with Crippen LogP contribution in [0.25, 0.3) is 22.3 Å². The van der Waals surface area contributed by atoms with Gasteiger partial charge in [0.1, 0.15) is 17.1 Å². The summed E-state index contributed by atoms with van der Waals surface area (Å²) in [4.78, 5) is 26.2. The van der Waals surface area contributed by atoms with Gasteiger partial charge in [-0.2, -0.15) is 0 Å². The van der Waals surface area contributed by atoms with Gasteiger partial charge in [0.2, 0.25) is 11.2 Å². The van der Waals surface area contributed by atoms with Crippen LogP contribution in [0.5, 0.6) is 17.2 Å². The molecular weight excluding hydrogens is 479 g/mol. The van der Waals surface area contributed by atoms with Crippen molar-refractivity contribution in [2.24, 2.45) is 0 Å². The smallest absolute Gasteiger partial charge is 0.352 e. The number of fused-ring (bicyclic) bond motifs is 1. The number of halogens is 2. The highest BCUT2D eigenvalue weighted by Crippen LogP contribution is 2.33. The maximum atomic E-state index is 13.3. The number of hydrogen-bond donors (Lipinski definition) is 0. The van der Waals surface area contributed by atoms with E-state index in [1.807, 2.05) is 6.92 Å². The molecule has 0 spiro atoms. The number of benzene rings is 3. The van der Waals surface area contributed by atoms with E-state index >= 15 is 0 Å². The summed E-state index contributed by atoms with van der Waals surface area (Å²) in [5, 5.41) is 0.965. The SMILES string of the molecule is COc1ccc(-c2oc3cc(C)ccc3c(=O)c2OC(=O)[C@@H](C)Oc2ccc(Cl)cc2Cl)cc1. The zero-order valence-corrected chi connectivity index (χ0v) is 20.1. The predicted molar refractivity (Wildman–Crippen MR) is 131 cm³/mol. The average molecular weight is 499 g/mol. The summed E-state index contributed by atoms with van der Waals surface area (Å²) in [5.41, 5.74) is 1.37. The van der Waals surface area contributed by atoms with Crippen molar-refractivity contribution in [3.05, 3.63) is 86.5 Å². The van der Waals surface area contributed by atoms with Crippen molar-refractivity contribution >= 4 is 40.1 Å². The van der Waals surface area contributed by atoms with Gasteiger partial charge in [0.15, 0.2) is 11.9 Å². The van der Waals surface area contributed by atoms with Crippen LogP contribution in [-0.2, 0) is 4.79 Å². The summed E-state index contributed by atoms with van der Waals surface area (Å²) in [7, 11) is 1.55. The molecule has 0 bridgehead atoms. The first-order valence-corrected chi connectivity index (χ1v) is 11.1. The average Bonchev–Trinajstić information content (AvgIpc) is 2.82. The van der Waals surface area contributed by atoms with Crippen molar-refractivity contribution in [2.45, 2.75) is 20.0 Å². The Morgan fingerprint density at radius 3 is 2.41 bits per heavy atom. The van der Waals surface area contributed by atoms with E-state index in [0.29, 0.717) is 27.3 Å². The van der Waals surface area contributed by atoms with Gasteiger partial charge in [0, 0.05) is 10.6 Å². The van der Waals surface area contributed by atoms with Crippen LogP contribution in [0.4, 0.5) is 0 Å². The Morgan fingerprint density at radius 1 is 1.00 bits per heavy atom. The van der Waals surface area contributed by atoms with Crippen molar-refractivity contribution in [3.8, 4) is 28.6 Å². The topological polar surface area (TPSA) is 75.0 Å². The number of hydrogen-bond acceptors (Lipinski definition) is 6. The van der Waals surface area contributed by atoms with Crippen molar-refractivity contribution < 1.29 is 23.4 Å². The normalized spacial score (nSPS) is 11.8. The van der Waals surface area contributed by atoms with Gasteiger partial charge in [0.05, 0.1) is 17.5 Å². The molecule has 0 amide bonds. The minimum absolute atomic E-state index is 0.121. The molecule has 0 radical (unpaired) electrons. The Hall–Kier alpha value is -3.48. The first-order chi connectivity index (χ1) is 16.3. The Kier molecular flexibility index (Phi) is 6.82. The standard InChI is InChI=1S/C26H20Cl2O6/c1-14-4-10-19-22(12-14)33-24(16-5-8-18(31-3)9-6-16)25(23(19)29)34-26(30)15(2)32-21-11-7-17(27)13-20(21)28/h4-13,15H,1-3H3/t15-/m1/s1. The summed E-state index contributed by atoms with van der Waals surface area (Å²) in [6.07, 6.45) is -1.07. The van der Waals surface area contributed by atoms with Crippen molar-refractivity contribution in [2.75, 3.05) is 7.11 Å². The first kappa shape index (κ1) is 23.7. The highest BCUT2D eigenvalue weighted by Gasteiger charge is 2.25. The van der Waals surface area contributed by atoms with Gasteiger partial charge in [-0.15, -0.1) is 0 Å². The number of carbonyl (C=O) groups excluding carboxylic acids is 1. The van der Waals surface area contributed by atoms with Crippen LogP contribution in [-0.4, -0.2) is 19.2 Å². The second kappa shape index (κ2) is 9.79. The second-order valence-corrected chi connectivity index (χ2v) is 8.42. The van der Waals surface area contributed by atoms with Gasteiger partial charge in [-0.3, -0.25) is 4.79 Å². The molecule has 0 aliphatic rings. The molecule has 0 N–H and O–H groups in total. The molecular formula is C26H20Cl2O6. The molecule has 1 heterocycles. The number of rotatable bonds is 6. The van der Waals surface area contributed by atoms with E-state index in [-0.39, 0.29) is 22.3 Å². The Bertz CT molecular complexity index is 1430. The lowest BCUT2D eigenvalue weighted by Gasteiger charge is -2.16. The Labute approximate surface area is 205 Å². The predicted octanol–water partition coefficient (Wildman–Crippen LogP) is 6.46. The lowest BCUT2D eigenvalue weighted by molar-refractivity contribution is -0.141. The molecule has 34 heavy (non-hydrogen) atoms. The monoisotopic (exact) mass is 498 g/mol. The zero-order chi connectivity index (χ0) is 24.4. The Morgan fingerprint density at radius 2 is 1.74 bits per heavy atom. The summed E-state index contributed by atoms with van der Waals surface area (Å²) >= 11 is 12.0. The minimum Gasteiger partial charge on any atom is -0.497 e. The molecule has 1 atom stereocenters. The van der Waals surface area contributed by atoms with Crippen LogP contribution in [0.1, 0.15) is 12.5 Å². The molecule has 4 rings (SSSR count). The van der Waals surface area contributed by atoms with E-state index in [2.05, 4.69) is 0 Å². The Balaban J connectivity index is 1.73. The molecule has 0 saturated heterocycles. The quantitative estimate of drug-likeness (QED) is 0.284. The van der Waals surface area contributed by atoms with Gasteiger partial charge in [-0.25, -0.2) is 4.79 Å². The number of methoxy groups -OCH3 is 1. The summed E-state index contributed by atoms with van der Waals surface area (Å²) < 4.78 is 22.4. The van der Waals surface area contributed by atoms with Gasteiger partial charge >= 0.3 is 5.97 Å². The molecule has 0 fully saturated rings. The summed E-state index contributed by atoms with van der Waals surface area (Å²) in [5.74, 6) is -0.0189. The third kappa shape index (κ3) is 4.88. The van der Waals surface area contributed by atoms with Crippen LogP contribution in [0.15, 0.2) is 69.9 Å². The lowest BCUT2D eigenvalue weighted by atomic mass is 10.1. The highest BCUT2D eigenvalue weighted by molar-refractivity contribution is 6.35. The number of carbonyl (C=O) groups is 1.